The van der Waals surface area contributed by atoms with Gasteiger partial charge in [-0.25, -0.2) is 9.38 Å². The smallest absolute Gasteiger partial charge is 0.188 e. The van der Waals surface area contributed by atoms with Gasteiger partial charge in [-0.15, -0.1) is 24.0 Å². The van der Waals surface area contributed by atoms with E-state index in [2.05, 4.69) is 10.3 Å². The molecular weight excluding hydrogens is 406 g/mol. The molecule has 0 radical (unpaired) electrons. The van der Waals surface area contributed by atoms with Crippen LogP contribution in [0.25, 0.3) is 0 Å². The molecule has 23 heavy (non-hydrogen) atoms. The molecule has 0 atom stereocenters. The summed E-state index contributed by atoms with van der Waals surface area (Å²) >= 11 is 0. The highest BCUT2D eigenvalue weighted by molar-refractivity contribution is 14.0. The second-order valence-electron chi connectivity index (χ2n) is 4.78. The second-order valence-corrected chi connectivity index (χ2v) is 4.78. The molecule has 0 heterocycles. The maximum absolute atomic E-state index is 13.6. The molecule has 6 heteroatoms. The van der Waals surface area contributed by atoms with E-state index in [-0.39, 0.29) is 42.3 Å². The molecule has 2 rings (SSSR count). The summed E-state index contributed by atoms with van der Waals surface area (Å²) in [6.07, 6.45) is 0.829. The number of nitriles is 1. The largest absolute Gasteiger partial charge is 0.370 e. The molecule has 0 spiro atoms. The molecule has 4 nitrogen and oxygen atoms in total. The van der Waals surface area contributed by atoms with Crippen molar-refractivity contribution >= 4 is 29.9 Å². The minimum absolute atomic E-state index is 0. The quantitative estimate of drug-likeness (QED) is 0.441. The van der Waals surface area contributed by atoms with Crippen molar-refractivity contribution in [2.75, 3.05) is 6.54 Å². The van der Waals surface area contributed by atoms with Crippen LogP contribution in [-0.4, -0.2) is 12.5 Å². The Morgan fingerprint density at radius 3 is 2.65 bits per heavy atom. The summed E-state index contributed by atoms with van der Waals surface area (Å²) in [5.41, 5.74) is 7.72. The second kappa shape index (κ2) is 9.79. The first-order valence-corrected chi connectivity index (χ1v) is 6.95. The van der Waals surface area contributed by atoms with Crippen LogP contribution < -0.4 is 11.1 Å². The maximum Gasteiger partial charge on any atom is 0.188 e. The first kappa shape index (κ1) is 18.9. The van der Waals surface area contributed by atoms with E-state index in [1.54, 1.807) is 0 Å². The van der Waals surface area contributed by atoms with Crippen molar-refractivity contribution in [1.82, 2.24) is 5.32 Å². The lowest BCUT2D eigenvalue weighted by Gasteiger charge is -2.06. The van der Waals surface area contributed by atoms with Crippen molar-refractivity contribution in [2.24, 2.45) is 10.7 Å². The number of guanidine groups is 1. The molecule has 0 unspecified atom stereocenters. The first-order valence-electron chi connectivity index (χ1n) is 6.95. The molecule has 0 bridgehead atoms. The lowest BCUT2D eigenvalue weighted by Crippen LogP contribution is -2.33. The number of rotatable bonds is 5. The molecule has 0 fully saturated rings. The van der Waals surface area contributed by atoms with Gasteiger partial charge in [-0.05, 0) is 30.2 Å². The monoisotopic (exact) mass is 424 g/mol. The van der Waals surface area contributed by atoms with Gasteiger partial charge in [0.1, 0.15) is 5.82 Å². The number of aliphatic imine (C=N–C) groups is 1. The summed E-state index contributed by atoms with van der Waals surface area (Å²) in [5, 5.41) is 11.8. The van der Waals surface area contributed by atoms with Gasteiger partial charge in [0.2, 0.25) is 0 Å². The van der Waals surface area contributed by atoms with Crippen LogP contribution in [0.15, 0.2) is 53.5 Å². The predicted molar refractivity (Wildman–Crippen MR) is 100 cm³/mol. The number of nitrogens with one attached hydrogen (secondary N) is 1. The van der Waals surface area contributed by atoms with Crippen molar-refractivity contribution < 1.29 is 4.39 Å². The molecule has 2 aromatic rings. The third kappa shape index (κ3) is 6.24. The van der Waals surface area contributed by atoms with E-state index in [4.69, 9.17) is 11.0 Å². The topological polar surface area (TPSA) is 74.2 Å². The summed E-state index contributed by atoms with van der Waals surface area (Å²) in [6, 6.07) is 16.2. The van der Waals surface area contributed by atoms with Crippen molar-refractivity contribution in [3.05, 3.63) is 71.0 Å². The zero-order valence-corrected chi connectivity index (χ0v) is 14.8. The van der Waals surface area contributed by atoms with Gasteiger partial charge >= 0.3 is 0 Å². The molecule has 0 aromatic heterocycles. The van der Waals surface area contributed by atoms with E-state index in [9.17, 15) is 4.39 Å². The van der Waals surface area contributed by atoms with Crippen molar-refractivity contribution in [1.29, 1.82) is 5.26 Å². The van der Waals surface area contributed by atoms with Crippen LogP contribution in [0.5, 0.6) is 0 Å². The SMILES string of the molecule is I.N#Cc1ccc(F)c(CN=C(N)NCCc2ccccc2)c1. The standard InChI is InChI=1S/C17H17FN4.HI/c18-16-7-6-14(11-19)10-15(16)12-22-17(20)21-9-8-13-4-2-1-3-5-13;/h1-7,10H,8-9,12H2,(H3,20,21,22);1H. The number of hydrogen-bond acceptors (Lipinski definition) is 2. The highest BCUT2D eigenvalue weighted by Gasteiger charge is 2.03. The van der Waals surface area contributed by atoms with E-state index < -0.39 is 0 Å². The summed E-state index contributed by atoms with van der Waals surface area (Å²) in [4.78, 5) is 4.10. The molecule has 0 aliphatic heterocycles. The van der Waals surface area contributed by atoms with Crippen LogP contribution in [-0.2, 0) is 13.0 Å². The third-order valence-electron chi connectivity index (χ3n) is 3.16. The summed E-state index contributed by atoms with van der Waals surface area (Å²) < 4.78 is 13.6. The third-order valence-corrected chi connectivity index (χ3v) is 3.16. The van der Waals surface area contributed by atoms with E-state index in [0.717, 1.165) is 6.42 Å². The van der Waals surface area contributed by atoms with Crippen LogP contribution >= 0.6 is 24.0 Å². The van der Waals surface area contributed by atoms with Crippen LogP contribution in [0, 0.1) is 17.1 Å². The van der Waals surface area contributed by atoms with Gasteiger partial charge < -0.3 is 11.1 Å². The highest BCUT2D eigenvalue weighted by atomic mass is 127. The van der Waals surface area contributed by atoms with Gasteiger partial charge in [-0.3, -0.25) is 0 Å². The minimum Gasteiger partial charge on any atom is -0.370 e. The Balaban J connectivity index is 0.00000264. The zero-order valence-electron chi connectivity index (χ0n) is 12.5. The van der Waals surface area contributed by atoms with E-state index >= 15 is 0 Å². The number of nitrogens with two attached hydrogens (primary N) is 1. The van der Waals surface area contributed by atoms with Crippen LogP contribution in [0.1, 0.15) is 16.7 Å². The number of halogens is 2. The summed E-state index contributed by atoms with van der Waals surface area (Å²) in [5.74, 6) is -0.127. The van der Waals surface area contributed by atoms with Gasteiger partial charge in [-0.1, -0.05) is 30.3 Å². The fourth-order valence-corrected chi connectivity index (χ4v) is 1.97. The Morgan fingerprint density at radius 2 is 1.96 bits per heavy atom. The molecule has 0 saturated heterocycles. The van der Waals surface area contributed by atoms with E-state index in [0.29, 0.717) is 17.7 Å². The van der Waals surface area contributed by atoms with Gasteiger partial charge in [0, 0.05) is 12.1 Å². The molecule has 3 N–H and O–H groups in total. The Labute approximate surface area is 152 Å². The predicted octanol–water partition coefficient (Wildman–Crippen LogP) is 2.96. The molecule has 0 aliphatic carbocycles. The van der Waals surface area contributed by atoms with Gasteiger partial charge in [0.05, 0.1) is 18.2 Å². The van der Waals surface area contributed by atoms with Gasteiger partial charge in [0.25, 0.3) is 0 Å². The van der Waals surface area contributed by atoms with Crippen molar-refractivity contribution in [3.8, 4) is 6.07 Å². The Kier molecular flexibility index (Phi) is 8.05. The van der Waals surface area contributed by atoms with Gasteiger partial charge in [-0.2, -0.15) is 5.26 Å². The van der Waals surface area contributed by atoms with Crippen molar-refractivity contribution in [3.63, 3.8) is 0 Å². The van der Waals surface area contributed by atoms with Crippen LogP contribution in [0.4, 0.5) is 4.39 Å². The molecule has 120 valence electrons. The van der Waals surface area contributed by atoms with E-state index in [1.165, 1.54) is 23.8 Å². The van der Waals surface area contributed by atoms with E-state index in [1.807, 2.05) is 36.4 Å². The lowest BCUT2D eigenvalue weighted by molar-refractivity contribution is 0.610. The van der Waals surface area contributed by atoms with Crippen LogP contribution in [0.3, 0.4) is 0 Å². The molecule has 2 aromatic carbocycles. The normalized spacial score (nSPS) is 10.5. The number of nitrogens with zero attached hydrogens (tertiary/aromatic N) is 2. The Morgan fingerprint density at radius 1 is 1.22 bits per heavy atom. The lowest BCUT2D eigenvalue weighted by atomic mass is 10.1. The number of benzene rings is 2. The summed E-state index contributed by atoms with van der Waals surface area (Å²) in [7, 11) is 0. The first-order chi connectivity index (χ1) is 10.7. The van der Waals surface area contributed by atoms with Crippen molar-refractivity contribution in [2.45, 2.75) is 13.0 Å². The number of hydrogen-bond donors (Lipinski definition) is 2. The molecule has 0 saturated carbocycles. The van der Waals surface area contributed by atoms with Gasteiger partial charge in [0.15, 0.2) is 5.96 Å². The maximum atomic E-state index is 13.6. The molecule has 0 aliphatic rings. The molecule has 0 amide bonds. The fourth-order valence-electron chi connectivity index (χ4n) is 1.97. The average Bonchev–Trinajstić information content (AvgIpc) is 2.55. The Hall–Kier alpha value is -2.14. The minimum atomic E-state index is -0.389. The highest BCUT2D eigenvalue weighted by Crippen LogP contribution is 2.11. The Bertz CT molecular complexity index is 695. The zero-order chi connectivity index (χ0) is 15.8. The van der Waals surface area contributed by atoms with Crippen LogP contribution in [0.2, 0.25) is 0 Å². The molecular formula is C17H18FIN4. The average molecular weight is 424 g/mol. The summed E-state index contributed by atoms with van der Waals surface area (Å²) in [6.45, 7) is 0.756. The fraction of sp³-hybridized carbons (Fsp3) is 0.176.